The predicted octanol–water partition coefficient (Wildman–Crippen LogP) is 4.39. The maximum absolute atomic E-state index is 12.6. The first-order valence-electron chi connectivity index (χ1n) is 8.92. The first kappa shape index (κ1) is 23.5. The van der Waals surface area contributed by atoms with Crippen molar-refractivity contribution in [2.45, 2.75) is 32.2 Å². The molecule has 0 heterocycles. The third-order valence-electron chi connectivity index (χ3n) is 4.19. The van der Waals surface area contributed by atoms with Gasteiger partial charge in [-0.1, -0.05) is 12.1 Å². The maximum Gasteiger partial charge on any atom is 0.534 e. The van der Waals surface area contributed by atoms with Gasteiger partial charge < -0.3 is 13.7 Å². The first-order chi connectivity index (χ1) is 14.0. The summed E-state index contributed by atoms with van der Waals surface area (Å²) in [6.45, 7) is 3.41. The SMILES string of the molecule is CCOC(=O)CCc1cc(OC)ccc1-c1ccc(OS(=O)(=O)C(F)(F)F)c(C)c1. The molecule has 0 fully saturated rings. The Labute approximate surface area is 172 Å². The lowest BCUT2D eigenvalue weighted by molar-refractivity contribution is -0.143. The van der Waals surface area contributed by atoms with Gasteiger partial charge in [0.05, 0.1) is 13.7 Å². The van der Waals surface area contributed by atoms with Crippen molar-refractivity contribution in [2.75, 3.05) is 13.7 Å². The van der Waals surface area contributed by atoms with Crippen LogP contribution in [0.5, 0.6) is 11.5 Å². The van der Waals surface area contributed by atoms with E-state index in [1.54, 1.807) is 25.1 Å². The Morgan fingerprint density at radius 3 is 2.37 bits per heavy atom. The number of rotatable bonds is 8. The number of carbonyl (C=O) groups is 1. The number of hydrogen-bond donors (Lipinski definition) is 0. The van der Waals surface area contributed by atoms with Crippen molar-refractivity contribution in [1.82, 2.24) is 0 Å². The van der Waals surface area contributed by atoms with Crippen molar-refractivity contribution in [2.24, 2.45) is 0 Å². The molecule has 6 nitrogen and oxygen atoms in total. The van der Waals surface area contributed by atoms with Crippen LogP contribution in [-0.4, -0.2) is 33.6 Å². The predicted molar refractivity (Wildman–Crippen MR) is 104 cm³/mol. The van der Waals surface area contributed by atoms with Gasteiger partial charge in [0.1, 0.15) is 11.5 Å². The summed E-state index contributed by atoms with van der Waals surface area (Å²) in [5.41, 5.74) is -3.22. The normalized spacial score (nSPS) is 11.8. The molecule has 2 aromatic rings. The number of ether oxygens (including phenoxy) is 2. The minimum Gasteiger partial charge on any atom is -0.497 e. The van der Waals surface area contributed by atoms with E-state index in [-0.39, 0.29) is 24.6 Å². The molecule has 0 aliphatic rings. The van der Waals surface area contributed by atoms with E-state index in [9.17, 15) is 26.4 Å². The Morgan fingerprint density at radius 1 is 1.10 bits per heavy atom. The van der Waals surface area contributed by atoms with E-state index in [4.69, 9.17) is 9.47 Å². The minimum absolute atomic E-state index is 0.137. The fourth-order valence-electron chi connectivity index (χ4n) is 2.73. The summed E-state index contributed by atoms with van der Waals surface area (Å²) in [4.78, 5) is 11.7. The third-order valence-corrected chi connectivity index (χ3v) is 5.15. The average Bonchev–Trinajstić information content (AvgIpc) is 2.67. The molecule has 0 N–H and O–H groups in total. The largest absolute Gasteiger partial charge is 0.534 e. The van der Waals surface area contributed by atoms with Gasteiger partial charge in [-0.25, -0.2) is 0 Å². The number of aryl methyl sites for hydroxylation is 2. The zero-order chi connectivity index (χ0) is 22.5. The molecule has 2 aromatic carbocycles. The second-order valence-corrected chi connectivity index (χ2v) is 7.83. The standard InChI is InChI=1S/C20H21F3O6S/c1-4-28-19(24)10-6-15-12-16(27-3)7-8-17(15)14-5-9-18(13(2)11-14)29-30(25,26)20(21,22)23/h5,7-9,11-12H,4,6,10H2,1-3H3. The summed E-state index contributed by atoms with van der Waals surface area (Å²) in [6.07, 6.45) is 0.489. The lowest BCUT2D eigenvalue weighted by Gasteiger charge is -2.15. The van der Waals surface area contributed by atoms with E-state index < -0.39 is 21.4 Å². The monoisotopic (exact) mass is 446 g/mol. The molecule has 0 radical (unpaired) electrons. The van der Waals surface area contributed by atoms with Crippen LogP contribution in [0.3, 0.4) is 0 Å². The summed E-state index contributed by atoms with van der Waals surface area (Å²) in [7, 11) is -4.26. The van der Waals surface area contributed by atoms with Crippen molar-refractivity contribution < 1.29 is 40.0 Å². The van der Waals surface area contributed by atoms with Gasteiger partial charge in [-0.2, -0.15) is 21.6 Å². The Morgan fingerprint density at radius 2 is 1.80 bits per heavy atom. The zero-order valence-electron chi connectivity index (χ0n) is 16.6. The van der Waals surface area contributed by atoms with E-state index >= 15 is 0 Å². The zero-order valence-corrected chi connectivity index (χ0v) is 17.4. The van der Waals surface area contributed by atoms with Crippen LogP contribution in [0.4, 0.5) is 13.2 Å². The summed E-state index contributed by atoms with van der Waals surface area (Å²) in [5.74, 6) is -0.202. The Kier molecular flexibility index (Phi) is 7.35. The molecule has 0 saturated carbocycles. The summed E-state index contributed by atoms with van der Waals surface area (Å²) < 4.78 is 74.6. The molecular weight excluding hydrogens is 425 g/mol. The maximum atomic E-state index is 12.6. The van der Waals surface area contributed by atoms with Crippen LogP contribution in [-0.2, 0) is 26.1 Å². The van der Waals surface area contributed by atoms with Gasteiger partial charge in [0.15, 0.2) is 0 Å². The van der Waals surface area contributed by atoms with Crippen molar-refractivity contribution in [1.29, 1.82) is 0 Å². The van der Waals surface area contributed by atoms with E-state index in [0.717, 1.165) is 11.6 Å². The van der Waals surface area contributed by atoms with Crippen molar-refractivity contribution in [3.05, 3.63) is 47.5 Å². The smallest absolute Gasteiger partial charge is 0.497 e. The topological polar surface area (TPSA) is 78.9 Å². The summed E-state index contributed by atoms with van der Waals surface area (Å²) in [6, 6.07) is 9.33. The van der Waals surface area contributed by atoms with Crippen LogP contribution in [0, 0.1) is 6.92 Å². The van der Waals surface area contributed by atoms with Gasteiger partial charge >= 0.3 is 21.6 Å². The van der Waals surface area contributed by atoms with Crippen molar-refractivity contribution in [3.8, 4) is 22.6 Å². The van der Waals surface area contributed by atoms with E-state index in [2.05, 4.69) is 4.18 Å². The van der Waals surface area contributed by atoms with Gasteiger partial charge in [-0.05, 0) is 66.8 Å². The minimum atomic E-state index is -5.76. The van der Waals surface area contributed by atoms with Crippen LogP contribution in [0.15, 0.2) is 36.4 Å². The molecule has 0 bridgehead atoms. The van der Waals surface area contributed by atoms with Crippen molar-refractivity contribution >= 4 is 16.1 Å². The lowest BCUT2D eigenvalue weighted by Crippen LogP contribution is -2.28. The molecule has 2 rings (SSSR count). The Bertz CT molecular complexity index is 1020. The fraction of sp³-hybridized carbons (Fsp3) is 0.350. The van der Waals surface area contributed by atoms with Crippen LogP contribution in [0.2, 0.25) is 0 Å². The van der Waals surface area contributed by atoms with Crippen LogP contribution in [0.25, 0.3) is 11.1 Å². The molecule has 0 aliphatic heterocycles. The number of carbonyl (C=O) groups excluding carboxylic acids is 1. The quantitative estimate of drug-likeness (QED) is 0.340. The lowest BCUT2D eigenvalue weighted by atomic mass is 9.95. The second kappa shape index (κ2) is 9.38. The van der Waals surface area contributed by atoms with E-state index in [0.29, 0.717) is 23.3 Å². The van der Waals surface area contributed by atoms with Gasteiger partial charge in [0.2, 0.25) is 0 Å². The molecule has 0 amide bonds. The van der Waals surface area contributed by atoms with E-state index in [1.165, 1.54) is 26.2 Å². The second-order valence-electron chi connectivity index (χ2n) is 6.29. The van der Waals surface area contributed by atoms with Crippen LogP contribution in [0.1, 0.15) is 24.5 Å². The highest BCUT2D eigenvalue weighted by molar-refractivity contribution is 7.88. The molecule has 0 aromatic heterocycles. The number of alkyl halides is 3. The highest BCUT2D eigenvalue weighted by Crippen LogP contribution is 2.34. The first-order valence-corrected chi connectivity index (χ1v) is 10.3. The molecule has 0 atom stereocenters. The van der Waals surface area contributed by atoms with Gasteiger partial charge in [-0.3, -0.25) is 4.79 Å². The van der Waals surface area contributed by atoms with Gasteiger partial charge in [0.25, 0.3) is 0 Å². The number of benzene rings is 2. The molecule has 164 valence electrons. The molecule has 0 aliphatic carbocycles. The number of methoxy groups -OCH3 is 1. The highest BCUT2D eigenvalue weighted by atomic mass is 32.2. The molecule has 10 heteroatoms. The average molecular weight is 446 g/mol. The number of hydrogen-bond acceptors (Lipinski definition) is 6. The van der Waals surface area contributed by atoms with E-state index in [1.807, 2.05) is 0 Å². The Balaban J connectivity index is 2.37. The molecule has 0 spiro atoms. The molecule has 0 saturated heterocycles. The molecular formula is C20H21F3O6S. The molecule has 0 unspecified atom stereocenters. The van der Waals surface area contributed by atoms with Crippen LogP contribution < -0.4 is 8.92 Å². The van der Waals surface area contributed by atoms with Crippen molar-refractivity contribution in [3.63, 3.8) is 0 Å². The number of halogens is 3. The fourth-order valence-corrected chi connectivity index (χ4v) is 3.25. The highest BCUT2D eigenvalue weighted by Gasteiger charge is 2.48. The van der Waals surface area contributed by atoms with Gasteiger partial charge in [0, 0.05) is 6.42 Å². The van der Waals surface area contributed by atoms with Crippen LogP contribution >= 0.6 is 0 Å². The number of esters is 1. The summed E-state index contributed by atoms with van der Waals surface area (Å²) in [5, 5.41) is 0. The Hall–Kier alpha value is -2.75. The third kappa shape index (κ3) is 5.65. The van der Waals surface area contributed by atoms with Gasteiger partial charge in [-0.15, -0.1) is 0 Å². The molecule has 30 heavy (non-hydrogen) atoms. The summed E-state index contributed by atoms with van der Waals surface area (Å²) >= 11 is 0.